The molecule has 4 rings (SSSR count). The van der Waals surface area contributed by atoms with Gasteiger partial charge in [-0.1, -0.05) is 6.92 Å². The van der Waals surface area contributed by atoms with Gasteiger partial charge in [0.2, 0.25) is 0 Å². The van der Waals surface area contributed by atoms with Crippen LogP contribution in [0.2, 0.25) is 0 Å². The first-order chi connectivity index (χ1) is 16.0. The van der Waals surface area contributed by atoms with Crippen molar-refractivity contribution >= 4 is 0 Å². The van der Waals surface area contributed by atoms with E-state index in [0.717, 1.165) is 45.1 Å². The monoisotopic (exact) mass is 501 g/mol. The van der Waals surface area contributed by atoms with Crippen molar-refractivity contribution in [2.24, 2.45) is 29.6 Å². The molecule has 3 aliphatic carbocycles. The van der Waals surface area contributed by atoms with Crippen LogP contribution in [0.1, 0.15) is 71.1 Å². The van der Waals surface area contributed by atoms with E-state index in [1.54, 1.807) is 5.32 Å². The third-order valence-electron chi connectivity index (χ3n) is 8.91. The predicted octanol–water partition coefficient (Wildman–Crippen LogP) is 6.67. The largest absolute Gasteiger partial charge is 0.378 e. The lowest BCUT2D eigenvalue weighted by molar-refractivity contribution is -0.168. The molecule has 4 aliphatic rings. The second-order valence-electron chi connectivity index (χ2n) is 11.4. The summed E-state index contributed by atoms with van der Waals surface area (Å²) < 4.78 is 106. The second kappa shape index (κ2) is 10.8. The Labute approximate surface area is 197 Å². The number of nitrogens with one attached hydrogen (secondary N) is 1. The van der Waals surface area contributed by atoms with Crippen LogP contribution < -0.4 is 5.32 Å². The molecule has 0 bridgehead atoms. The van der Waals surface area contributed by atoms with Gasteiger partial charge in [-0.25, -0.2) is 22.0 Å². The minimum atomic E-state index is -3.97. The number of hydrogen-bond donors (Lipinski definition) is 1. The van der Waals surface area contributed by atoms with E-state index in [4.69, 9.17) is 4.74 Å². The van der Waals surface area contributed by atoms with Crippen molar-refractivity contribution in [3.8, 4) is 0 Å². The third-order valence-corrected chi connectivity index (χ3v) is 8.91. The van der Waals surface area contributed by atoms with E-state index < -0.39 is 61.7 Å². The Morgan fingerprint density at radius 2 is 1.24 bits per heavy atom. The highest BCUT2D eigenvalue weighted by molar-refractivity contribution is 4.99. The van der Waals surface area contributed by atoms with Gasteiger partial charge in [-0.2, -0.15) is 8.78 Å². The van der Waals surface area contributed by atoms with Crippen LogP contribution in [-0.2, 0) is 4.74 Å². The fourth-order valence-electron chi connectivity index (χ4n) is 6.91. The van der Waals surface area contributed by atoms with Crippen molar-refractivity contribution in [2.75, 3.05) is 6.61 Å². The normalized spacial score (nSPS) is 49.1. The van der Waals surface area contributed by atoms with Crippen LogP contribution in [0, 0.1) is 29.6 Å². The summed E-state index contributed by atoms with van der Waals surface area (Å²) in [7, 11) is 0. The average molecular weight is 502 g/mol. The lowest BCUT2D eigenvalue weighted by atomic mass is 9.66. The van der Waals surface area contributed by atoms with Crippen molar-refractivity contribution in [3.05, 3.63) is 0 Å². The lowest BCUT2D eigenvalue weighted by Crippen LogP contribution is -2.59. The highest BCUT2D eigenvalue weighted by Gasteiger charge is 2.55. The molecule has 0 amide bonds. The van der Waals surface area contributed by atoms with Crippen molar-refractivity contribution in [1.29, 1.82) is 0 Å². The molecule has 6 atom stereocenters. The van der Waals surface area contributed by atoms with Crippen molar-refractivity contribution in [1.82, 2.24) is 5.32 Å². The van der Waals surface area contributed by atoms with Gasteiger partial charge in [0.25, 0.3) is 0 Å². The molecule has 9 heteroatoms. The maximum atomic E-state index is 15.0. The smallest absolute Gasteiger partial charge is 0.311 e. The average Bonchev–Trinajstić information content (AvgIpc) is 2.77. The highest BCUT2D eigenvalue weighted by atomic mass is 19.3. The molecular weight excluding hydrogens is 463 g/mol. The summed E-state index contributed by atoms with van der Waals surface area (Å²) in [5.74, 6) is -1.37. The van der Waals surface area contributed by atoms with Crippen LogP contribution in [0.4, 0.5) is 30.7 Å². The van der Waals surface area contributed by atoms with Gasteiger partial charge in [-0.15, -0.1) is 0 Å². The predicted molar refractivity (Wildman–Crippen MR) is 115 cm³/mol. The van der Waals surface area contributed by atoms with Gasteiger partial charge in [0.15, 0.2) is 6.17 Å². The van der Waals surface area contributed by atoms with Crippen molar-refractivity contribution < 1.29 is 35.5 Å². The molecule has 4 fully saturated rings. The molecular formula is C25H38F7NO. The second-order valence-corrected chi connectivity index (χ2v) is 11.4. The van der Waals surface area contributed by atoms with Gasteiger partial charge in [0.1, 0.15) is 24.7 Å². The molecule has 1 heterocycles. The van der Waals surface area contributed by atoms with E-state index in [-0.39, 0.29) is 30.8 Å². The zero-order valence-electron chi connectivity index (χ0n) is 19.8. The number of halogens is 7. The fraction of sp³-hybridized carbons (Fsp3) is 1.00. The van der Waals surface area contributed by atoms with Gasteiger partial charge in [-0.05, 0) is 87.9 Å². The summed E-state index contributed by atoms with van der Waals surface area (Å²) in [6.07, 6.45) is -6.50. The first-order valence-corrected chi connectivity index (χ1v) is 13.0. The van der Waals surface area contributed by atoms with Crippen LogP contribution in [0.25, 0.3) is 0 Å². The van der Waals surface area contributed by atoms with Crippen LogP contribution in [0.15, 0.2) is 0 Å². The first-order valence-electron chi connectivity index (χ1n) is 13.0. The van der Waals surface area contributed by atoms with Gasteiger partial charge in [0.05, 0.1) is 12.0 Å². The Hall–Kier alpha value is -0.570. The van der Waals surface area contributed by atoms with Crippen LogP contribution in [0.3, 0.4) is 0 Å². The molecule has 34 heavy (non-hydrogen) atoms. The number of hydrogen-bond acceptors (Lipinski definition) is 2. The Morgan fingerprint density at radius 3 is 1.76 bits per heavy atom. The molecule has 0 radical (unpaired) electrons. The molecule has 0 aromatic heterocycles. The first kappa shape index (κ1) is 26.5. The standard InChI is InChI=1S/C25H38F7NO/c1-13-2-7-22(34-12-13)15-5-3-14(4-6-15)16-8-18(26)23(19(27)9-16)25(31,32)33-17-10-20(28)24(30)21(29)11-17/h13-24,33H,2-12H2,1H3. The number of alkyl halides is 7. The maximum absolute atomic E-state index is 15.0. The SMILES string of the molecule is CC1CCC(C2CCC(C3CC(F)C(C(F)(F)NC4CC(F)C(F)C(F)C4)C(F)C3)CC2)OC1. The quantitative estimate of drug-likeness (QED) is 0.336. The summed E-state index contributed by atoms with van der Waals surface area (Å²) in [5, 5.41) is 1.77. The summed E-state index contributed by atoms with van der Waals surface area (Å²) >= 11 is 0. The van der Waals surface area contributed by atoms with E-state index in [9.17, 15) is 30.7 Å². The summed E-state index contributed by atoms with van der Waals surface area (Å²) in [6.45, 7) is 2.95. The zero-order valence-corrected chi connectivity index (χ0v) is 19.8. The number of rotatable bonds is 5. The molecule has 2 nitrogen and oxygen atoms in total. The zero-order chi connectivity index (χ0) is 24.6. The minimum absolute atomic E-state index is 0.109. The Kier molecular flexibility index (Phi) is 8.43. The number of ether oxygens (including phenoxy) is 1. The lowest BCUT2D eigenvalue weighted by Gasteiger charge is -2.45. The summed E-state index contributed by atoms with van der Waals surface area (Å²) in [5.41, 5.74) is 0. The van der Waals surface area contributed by atoms with Gasteiger partial charge in [-0.3, -0.25) is 5.32 Å². The third kappa shape index (κ3) is 5.87. The summed E-state index contributed by atoms with van der Waals surface area (Å²) in [6, 6.07) is -5.34. The Balaban J connectivity index is 1.29. The van der Waals surface area contributed by atoms with E-state index in [1.807, 2.05) is 0 Å². The van der Waals surface area contributed by atoms with E-state index in [0.29, 0.717) is 11.8 Å². The van der Waals surface area contributed by atoms with Crippen LogP contribution >= 0.6 is 0 Å². The molecule has 1 aliphatic heterocycles. The molecule has 0 aromatic rings. The minimum Gasteiger partial charge on any atom is -0.378 e. The highest BCUT2D eigenvalue weighted by Crippen LogP contribution is 2.48. The molecule has 1 N–H and O–H groups in total. The summed E-state index contributed by atoms with van der Waals surface area (Å²) in [4.78, 5) is 0. The van der Waals surface area contributed by atoms with Crippen LogP contribution in [-0.4, -0.2) is 55.7 Å². The Bertz CT molecular complexity index is 629. The van der Waals surface area contributed by atoms with Gasteiger partial charge in [0, 0.05) is 12.6 Å². The van der Waals surface area contributed by atoms with E-state index in [1.165, 1.54) is 0 Å². The Morgan fingerprint density at radius 1 is 0.676 bits per heavy atom. The van der Waals surface area contributed by atoms with Crippen LogP contribution in [0.5, 0.6) is 0 Å². The molecule has 0 spiro atoms. The van der Waals surface area contributed by atoms with E-state index >= 15 is 0 Å². The molecule has 6 unspecified atom stereocenters. The molecule has 198 valence electrons. The molecule has 3 saturated carbocycles. The van der Waals surface area contributed by atoms with Gasteiger partial charge < -0.3 is 4.74 Å². The molecule has 0 aromatic carbocycles. The topological polar surface area (TPSA) is 21.3 Å². The van der Waals surface area contributed by atoms with Crippen molar-refractivity contribution in [3.63, 3.8) is 0 Å². The maximum Gasteiger partial charge on any atom is 0.311 e. The molecule has 1 saturated heterocycles. The fourth-order valence-corrected chi connectivity index (χ4v) is 6.91. The van der Waals surface area contributed by atoms with E-state index in [2.05, 4.69) is 6.92 Å². The van der Waals surface area contributed by atoms with Crippen molar-refractivity contribution in [2.45, 2.75) is 120 Å². The van der Waals surface area contributed by atoms with Gasteiger partial charge >= 0.3 is 6.05 Å².